The van der Waals surface area contributed by atoms with Gasteiger partial charge in [0.1, 0.15) is 0 Å². The van der Waals surface area contributed by atoms with Crippen molar-refractivity contribution in [3.63, 3.8) is 0 Å². The van der Waals surface area contributed by atoms with Gasteiger partial charge in [-0.05, 0) is 38.8 Å². The molecule has 6 nitrogen and oxygen atoms in total. The number of rotatable bonds is 44. The molecule has 0 heterocycles. The first-order chi connectivity index (χ1) is 25.5. The van der Waals surface area contributed by atoms with Crippen LogP contribution in [0, 0.1) is 0 Å². The lowest BCUT2D eigenvalue weighted by molar-refractivity contribution is -0.138. The Bertz CT molecular complexity index is 621. The van der Waals surface area contributed by atoms with Gasteiger partial charge in [-0.2, -0.15) is 0 Å². The number of hydrogen-bond donors (Lipinski definition) is 4. The number of aliphatic carboxylic acids is 2. The first-order valence-corrected chi connectivity index (χ1v) is 23.4. The summed E-state index contributed by atoms with van der Waals surface area (Å²) >= 11 is 0. The molecule has 312 valence electrons. The van der Waals surface area contributed by atoms with Crippen molar-refractivity contribution in [3.05, 3.63) is 0 Å². The highest BCUT2D eigenvalue weighted by Crippen LogP contribution is 2.17. The van der Waals surface area contributed by atoms with Crippen molar-refractivity contribution < 1.29 is 19.8 Å². The summed E-state index contributed by atoms with van der Waals surface area (Å²) in [7, 11) is 0. The largest absolute Gasteiger partial charge is 0.481 e. The van der Waals surface area contributed by atoms with Crippen molar-refractivity contribution >= 4 is 11.9 Å². The lowest BCUT2D eigenvalue weighted by Gasteiger charge is -2.04. The molecule has 0 fully saturated rings. The van der Waals surface area contributed by atoms with Crippen LogP contribution in [0.5, 0.6) is 0 Å². The van der Waals surface area contributed by atoms with E-state index in [-0.39, 0.29) is 0 Å². The number of carboxylic acids is 2. The molecule has 0 aliphatic heterocycles. The molecule has 6 heteroatoms. The number of hydrogen-bond acceptors (Lipinski definition) is 4. The first kappa shape index (κ1) is 53.0. The fourth-order valence-corrected chi connectivity index (χ4v) is 7.21. The van der Waals surface area contributed by atoms with Crippen LogP contribution >= 0.6 is 0 Å². The van der Waals surface area contributed by atoms with Gasteiger partial charge in [-0.15, -0.1) is 0 Å². The molecule has 0 amide bonds. The summed E-state index contributed by atoms with van der Waals surface area (Å²) in [4.78, 5) is 20.8. The van der Waals surface area contributed by atoms with Crippen LogP contribution in [-0.2, 0) is 9.59 Å². The van der Waals surface area contributed by atoms with Gasteiger partial charge in [0.25, 0.3) is 0 Å². The molecule has 52 heavy (non-hydrogen) atoms. The van der Waals surface area contributed by atoms with E-state index < -0.39 is 11.9 Å². The van der Waals surface area contributed by atoms with Crippen LogP contribution in [0.3, 0.4) is 0 Å². The Balaban J connectivity index is 0. The average molecular weight is 739 g/mol. The molecule has 0 rings (SSSR count). The molecule has 0 aromatic heterocycles. The topological polar surface area (TPSA) is 127 Å². The predicted octanol–water partition coefficient (Wildman–Crippen LogP) is 14.4. The van der Waals surface area contributed by atoms with Gasteiger partial charge in [0.15, 0.2) is 0 Å². The molecule has 0 aliphatic rings. The molecule has 0 aliphatic carbocycles. The second-order valence-corrected chi connectivity index (χ2v) is 16.0. The lowest BCUT2D eigenvalue weighted by Crippen LogP contribution is -1.97. The molecule has 0 aromatic carbocycles. The molecule has 0 bridgehead atoms. The molecule has 0 radical (unpaired) electrons. The summed E-state index contributed by atoms with van der Waals surface area (Å²) in [6, 6.07) is 0. The predicted molar refractivity (Wildman–Crippen MR) is 227 cm³/mol. The van der Waals surface area contributed by atoms with Crippen LogP contribution < -0.4 is 11.5 Å². The summed E-state index contributed by atoms with van der Waals surface area (Å²) < 4.78 is 0. The van der Waals surface area contributed by atoms with E-state index in [2.05, 4.69) is 0 Å². The van der Waals surface area contributed by atoms with Gasteiger partial charge >= 0.3 is 11.9 Å². The van der Waals surface area contributed by atoms with Crippen LogP contribution in [0.25, 0.3) is 0 Å². The highest BCUT2D eigenvalue weighted by Gasteiger charge is 1.99. The van der Waals surface area contributed by atoms with E-state index in [1.807, 2.05) is 0 Å². The van der Waals surface area contributed by atoms with Crippen LogP contribution in [0.2, 0.25) is 0 Å². The minimum atomic E-state index is -0.667. The highest BCUT2D eigenvalue weighted by atomic mass is 16.4. The van der Waals surface area contributed by atoms with E-state index >= 15 is 0 Å². The van der Waals surface area contributed by atoms with E-state index in [0.717, 1.165) is 38.8 Å². The second kappa shape index (κ2) is 49.9. The lowest BCUT2D eigenvalue weighted by atomic mass is 10.0. The minimum Gasteiger partial charge on any atom is -0.481 e. The fourth-order valence-electron chi connectivity index (χ4n) is 7.21. The fraction of sp³-hybridized carbons (Fsp3) is 0.957. The van der Waals surface area contributed by atoms with Gasteiger partial charge in [-0.25, -0.2) is 0 Å². The Hall–Kier alpha value is -1.14. The van der Waals surface area contributed by atoms with Gasteiger partial charge in [0.2, 0.25) is 0 Å². The maximum atomic E-state index is 10.4. The monoisotopic (exact) mass is 739 g/mol. The van der Waals surface area contributed by atoms with Crippen molar-refractivity contribution in [2.45, 2.75) is 270 Å². The van der Waals surface area contributed by atoms with Crippen LogP contribution in [0.15, 0.2) is 0 Å². The van der Waals surface area contributed by atoms with E-state index in [9.17, 15) is 9.59 Å². The quantitative estimate of drug-likeness (QED) is 0.0461. The van der Waals surface area contributed by atoms with Crippen molar-refractivity contribution in [1.29, 1.82) is 0 Å². The molecule has 0 atom stereocenters. The van der Waals surface area contributed by atoms with Crippen LogP contribution in [0.4, 0.5) is 0 Å². The molecular formula is C46H94N2O4. The number of nitrogens with two attached hydrogens (primary N) is 2. The second-order valence-electron chi connectivity index (χ2n) is 16.0. The molecule has 6 N–H and O–H groups in total. The maximum Gasteiger partial charge on any atom is 0.303 e. The average Bonchev–Trinajstić information content (AvgIpc) is 3.13. The Kier molecular flexibility index (Phi) is 50.8. The molecule has 0 saturated heterocycles. The zero-order valence-electron chi connectivity index (χ0n) is 35.0. The van der Waals surface area contributed by atoms with E-state index in [1.54, 1.807) is 0 Å². The third kappa shape index (κ3) is 55.6. The van der Waals surface area contributed by atoms with Gasteiger partial charge in [0.05, 0.1) is 0 Å². The van der Waals surface area contributed by atoms with Crippen molar-refractivity contribution in [1.82, 2.24) is 0 Å². The van der Waals surface area contributed by atoms with E-state index in [0.29, 0.717) is 12.8 Å². The van der Waals surface area contributed by atoms with Gasteiger partial charge < -0.3 is 21.7 Å². The molecule has 0 unspecified atom stereocenters. The molecule has 0 aromatic rings. The van der Waals surface area contributed by atoms with Crippen molar-refractivity contribution in [2.75, 3.05) is 13.1 Å². The minimum absolute atomic E-state index is 0.328. The molecule has 0 saturated carbocycles. The summed E-state index contributed by atoms with van der Waals surface area (Å²) in [5, 5.41) is 17.1. The molecular weight excluding hydrogens is 645 g/mol. The Morgan fingerprint density at radius 3 is 0.462 bits per heavy atom. The number of unbranched alkanes of at least 4 members (excludes halogenated alkanes) is 38. The Labute approximate surface area is 325 Å². The summed E-state index contributed by atoms with van der Waals surface area (Å²) in [5.41, 5.74) is 11.0. The third-order valence-electron chi connectivity index (χ3n) is 10.7. The maximum absolute atomic E-state index is 10.4. The van der Waals surface area contributed by atoms with E-state index in [1.165, 1.54) is 231 Å². The Morgan fingerprint density at radius 1 is 0.231 bits per heavy atom. The van der Waals surface area contributed by atoms with Crippen molar-refractivity contribution in [2.24, 2.45) is 11.5 Å². The number of carbonyl (C=O) groups is 2. The number of carboxylic acid groups (broad SMARTS) is 2. The van der Waals surface area contributed by atoms with Gasteiger partial charge in [0, 0.05) is 12.8 Å². The highest BCUT2D eigenvalue weighted by molar-refractivity contribution is 5.66. The van der Waals surface area contributed by atoms with Gasteiger partial charge in [-0.3, -0.25) is 9.59 Å². The van der Waals surface area contributed by atoms with Crippen LogP contribution in [-0.4, -0.2) is 35.2 Å². The first-order valence-electron chi connectivity index (χ1n) is 23.4. The standard InChI is InChI=1S/C23H50N2.C23H44O4/c24-22-20-18-16-14-12-10-8-6-4-2-1-3-5-7-9-11-13-15-17-19-21-23-25;24-22(25)20-18-16-14-12-10-8-6-4-2-1-3-5-7-9-11-13-15-17-19-21-23(26)27/h1-25H2;1-21H2,(H,24,25)(H,26,27). The zero-order valence-corrected chi connectivity index (χ0v) is 35.0. The Morgan fingerprint density at radius 2 is 0.346 bits per heavy atom. The normalized spacial score (nSPS) is 11.1. The third-order valence-corrected chi connectivity index (χ3v) is 10.7. The van der Waals surface area contributed by atoms with Crippen LogP contribution in [0.1, 0.15) is 270 Å². The van der Waals surface area contributed by atoms with Crippen molar-refractivity contribution in [3.8, 4) is 0 Å². The smallest absolute Gasteiger partial charge is 0.303 e. The van der Waals surface area contributed by atoms with Gasteiger partial charge in [-0.1, -0.05) is 231 Å². The summed E-state index contributed by atoms with van der Waals surface area (Å²) in [6.07, 6.45) is 54.0. The molecule has 0 spiro atoms. The summed E-state index contributed by atoms with van der Waals surface area (Å²) in [6.45, 7) is 1.74. The summed E-state index contributed by atoms with van der Waals surface area (Å²) in [5.74, 6) is -1.33. The zero-order chi connectivity index (χ0) is 38.3. The van der Waals surface area contributed by atoms with E-state index in [4.69, 9.17) is 21.7 Å². The SMILES string of the molecule is NCCCCCCCCCCCCCCCCCCCCCCCN.O=C(O)CCCCCCCCCCCCCCCCCCCCCC(=O)O.